The molecule has 1 aromatic heterocycles. The van der Waals surface area contributed by atoms with Crippen LogP contribution in [0.1, 0.15) is 12.5 Å². The predicted octanol–water partition coefficient (Wildman–Crippen LogP) is 3.20. The molecule has 19 heavy (non-hydrogen) atoms. The molecule has 100 valence electrons. The molecular formula is C14H17ClN4. The second-order valence-corrected chi connectivity index (χ2v) is 4.65. The third kappa shape index (κ3) is 3.58. The zero-order valence-corrected chi connectivity index (χ0v) is 11.9. The molecule has 2 rings (SSSR count). The number of halogens is 1. The van der Waals surface area contributed by atoms with Gasteiger partial charge in [-0.15, -0.1) is 0 Å². The van der Waals surface area contributed by atoms with Crippen LogP contribution in [0.15, 0.2) is 36.7 Å². The molecule has 0 saturated carbocycles. The fourth-order valence-corrected chi connectivity index (χ4v) is 1.99. The van der Waals surface area contributed by atoms with Crippen molar-refractivity contribution in [2.24, 2.45) is 0 Å². The zero-order valence-electron chi connectivity index (χ0n) is 11.1. The van der Waals surface area contributed by atoms with Gasteiger partial charge >= 0.3 is 0 Å². The van der Waals surface area contributed by atoms with Crippen molar-refractivity contribution in [3.63, 3.8) is 0 Å². The highest BCUT2D eigenvalue weighted by Gasteiger charge is 2.07. The molecule has 0 fully saturated rings. The van der Waals surface area contributed by atoms with Crippen LogP contribution in [0, 0.1) is 0 Å². The van der Waals surface area contributed by atoms with Gasteiger partial charge in [-0.25, -0.2) is 9.97 Å². The molecule has 0 atom stereocenters. The van der Waals surface area contributed by atoms with Crippen LogP contribution in [-0.2, 0) is 6.54 Å². The molecule has 0 aliphatic rings. The van der Waals surface area contributed by atoms with Crippen LogP contribution in [0.2, 0.25) is 5.02 Å². The molecule has 1 heterocycles. The summed E-state index contributed by atoms with van der Waals surface area (Å²) in [6.07, 6.45) is 1.57. The lowest BCUT2D eigenvalue weighted by Gasteiger charge is -2.19. The van der Waals surface area contributed by atoms with Crippen molar-refractivity contribution in [2.75, 3.05) is 23.8 Å². The fraction of sp³-hybridized carbons (Fsp3) is 0.286. The SMILES string of the molecule is CCNc1cc(N(C)Cc2ccccc2Cl)ncn1. The number of anilines is 2. The molecule has 0 bridgehead atoms. The Hall–Kier alpha value is -1.81. The van der Waals surface area contributed by atoms with Crippen molar-refractivity contribution in [1.29, 1.82) is 0 Å². The first kappa shape index (κ1) is 13.6. The first-order valence-electron chi connectivity index (χ1n) is 6.21. The van der Waals surface area contributed by atoms with Crippen LogP contribution in [-0.4, -0.2) is 23.6 Å². The number of nitrogens with one attached hydrogen (secondary N) is 1. The molecule has 0 unspecified atom stereocenters. The molecule has 0 aliphatic heterocycles. The summed E-state index contributed by atoms with van der Waals surface area (Å²) in [5.41, 5.74) is 1.08. The Morgan fingerprint density at radius 2 is 2.05 bits per heavy atom. The van der Waals surface area contributed by atoms with E-state index in [2.05, 4.69) is 15.3 Å². The van der Waals surface area contributed by atoms with Gasteiger partial charge in [0.25, 0.3) is 0 Å². The number of aromatic nitrogens is 2. The minimum atomic E-state index is 0.711. The molecular weight excluding hydrogens is 260 g/mol. The molecule has 1 aromatic carbocycles. The van der Waals surface area contributed by atoms with E-state index in [0.717, 1.165) is 28.8 Å². The summed E-state index contributed by atoms with van der Waals surface area (Å²) in [7, 11) is 1.99. The van der Waals surface area contributed by atoms with E-state index in [1.54, 1.807) is 6.33 Å². The molecule has 0 radical (unpaired) electrons. The van der Waals surface area contributed by atoms with Crippen LogP contribution < -0.4 is 10.2 Å². The van der Waals surface area contributed by atoms with Gasteiger partial charge in [-0.2, -0.15) is 0 Å². The largest absolute Gasteiger partial charge is 0.370 e. The number of rotatable bonds is 5. The predicted molar refractivity (Wildman–Crippen MR) is 79.8 cm³/mol. The van der Waals surface area contributed by atoms with E-state index < -0.39 is 0 Å². The summed E-state index contributed by atoms with van der Waals surface area (Å²) in [6, 6.07) is 9.76. The van der Waals surface area contributed by atoms with Gasteiger partial charge in [0.1, 0.15) is 18.0 Å². The van der Waals surface area contributed by atoms with Crippen molar-refractivity contribution in [3.05, 3.63) is 47.2 Å². The van der Waals surface area contributed by atoms with Gasteiger partial charge < -0.3 is 10.2 Å². The highest BCUT2D eigenvalue weighted by atomic mass is 35.5. The Balaban J connectivity index is 2.13. The number of nitrogens with zero attached hydrogens (tertiary/aromatic N) is 3. The van der Waals surface area contributed by atoms with Gasteiger partial charge in [-0.1, -0.05) is 29.8 Å². The van der Waals surface area contributed by atoms with Gasteiger partial charge in [-0.05, 0) is 18.6 Å². The lowest BCUT2D eigenvalue weighted by atomic mass is 10.2. The van der Waals surface area contributed by atoms with E-state index in [-0.39, 0.29) is 0 Å². The third-order valence-electron chi connectivity index (χ3n) is 2.77. The van der Waals surface area contributed by atoms with E-state index in [4.69, 9.17) is 11.6 Å². The van der Waals surface area contributed by atoms with Gasteiger partial charge in [0.2, 0.25) is 0 Å². The Labute approximate surface area is 118 Å². The van der Waals surface area contributed by atoms with E-state index >= 15 is 0 Å². The molecule has 0 amide bonds. The van der Waals surface area contributed by atoms with Gasteiger partial charge in [0.05, 0.1) is 0 Å². The van der Waals surface area contributed by atoms with Crippen molar-refractivity contribution < 1.29 is 0 Å². The van der Waals surface area contributed by atoms with Gasteiger partial charge in [0.15, 0.2) is 0 Å². The standard InChI is InChI=1S/C14H17ClN4/c1-3-16-13-8-14(18-10-17-13)19(2)9-11-6-4-5-7-12(11)15/h4-8,10H,3,9H2,1-2H3,(H,16,17,18). The maximum Gasteiger partial charge on any atom is 0.134 e. The Kier molecular flexibility index (Phi) is 4.58. The van der Waals surface area contributed by atoms with Crippen molar-refractivity contribution in [1.82, 2.24) is 9.97 Å². The second kappa shape index (κ2) is 6.38. The summed E-state index contributed by atoms with van der Waals surface area (Å²) >= 11 is 6.17. The third-order valence-corrected chi connectivity index (χ3v) is 3.14. The molecule has 0 aliphatic carbocycles. The molecule has 0 spiro atoms. The van der Waals surface area contributed by atoms with Gasteiger partial charge in [0, 0.05) is 31.2 Å². The molecule has 2 aromatic rings. The molecule has 5 heteroatoms. The Morgan fingerprint density at radius 1 is 1.26 bits per heavy atom. The van der Waals surface area contributed by atoms with E-state index in [9.17, 15) is 0 Å². The maximum absolute atomic E-state index is 6.17. The quantitative estimate of drug-likeness (QED) is 0.911. The van der Waals surface area contributed by atoms with Crippen molar-refractivity contribution in [2.45, 2.75) is 13.5 Å². The lowest BCUT2D eigenvalue weighted by molar-refractivity contribution is 0.891. The minimum Gasteiger partial charge on any atom is -0.370 e. The average Bonchev–Trinajstić information content (AvgIpc) is 2.42. The number of hydrogen-bond donors (Lipinski definition) is 1. The van der Waals surface area contributed by atoms with Crippen LogP contribution >= 0.6 is 11.6 Å². The molecule has 1 N–H and O–H groups in total. The minimum absolute atomic E-state index is 0.711. The van der Waals surface area contributed by atoms with E-state index in [1.807, 2.05) is 49.2 Å². The molecule has 4 nitrogen and oxygen atoms in total. The number of benzene rings is 1. The normalized spacial score (nSPS) is 10.3. The zero-order chi connectivity index (χ0) is 13.7. The average molecular weight is 277 g/mol. The van der Waals surface area contributed by atoms with E-state index in [0.29, 0.717) is 6.54 Å². The van der Waals surface area contributed by atoms with Crippen molar-refractivity contribution >= 4 is 23.2 Å². The second-order valence-electron chi connectivity index (χ2n) is 4.24. The first-order chi connectivity index (χ1) is 9.20. The first-order valence-corrected chi connectivity index (χ1v) is 6.59. The summed E-state index contributed by atoms with van der Waals surface area (Å²) < 4.78 is 0. The van der Waals surface area contributed by atoms with Crippen LogP contribution in [0.3, 0.4) is 0 Å². The van der Waals surface area contributed by atoms with E-state index in [1.165, 1.54) is 0 Å². The topological polar surface area (TPSA) is 41.0 Å². The van der Waals surface area contributed by atoms with Crippen LogP contribution in [0.25, 0.3) is 0 Å². The van der Waals surface area contributed by atoms with Crippen LogP contribution in [0.5, 0.6) is 0 Å². The van der Waals surface area contributed by atoms with Gasteiger partial charge in [-0.3, -0.25) is 0 Å². The maximum atomic E-state index is 6.17. The highest BCUT2D eigenvalue weighted by Crippen LogP contribution is 2.20. The molecule has 0 saturated heterocycles. The summed E-state index contributed by atoms with van der Waals surface area (Å²) in [4.78, 5) is 10.5. The monoisotopic (exact) mass is 276 g/mol. The van der Waals surface area contributed by atoms with Crippen LogP contribution in [0.4, 0.5) is 11.6 Å². The van der Waals surface area contributed by atoms with Crippen molar-refractivity contribution in [3.8, 4) is 0 Å². The summed E-state index contributed by atoms with van der Waals surface area (Å²) in [5, 5.41) is 3.95. The Morgan fingerprint density at radius 3 is 2.79 bits per heavy atom. The fourth-order valence-electron chi connectivity index (χ4n) is 1.80. The summed E-state index contributed by atoms with van der Waals surface area (Å²) in [5.74, 6) is 1.70. The Bertz CT molecular complexity index is 544. The smallest absolute Gasteiger partial charge is 0.134 e. The highest BCUT2D eigenvalue weighted by molar-refractivity contribution is 6.31. The summed E-state index contributed by atoms with van der Waals surface area (Å²) in [6.45, 7) is 3.59. The lowest BCUT2D eigenvalue weighted by Crippen LogP contribution is -2.18. The number of hydrogen-bond acceptors (Lipinski definition) is 4.